The van der Waals surface area contributed by atoms with Crippen LogP contribution in [0.2, 0.25) is 0 Å². The summed E-state index contributed by atoms with van der Waals surface area (Å²) >= 11 is 4.75. The van der Waals surface area contributed by atoms with Crippen LogP contribution in [0.1, 0.15) is 5.56 Å². The fraction of sp³-hybridized carbons (Fsp3) is 0.273. The maximum Gasteiger partial charge on any atom is 0.404 e. The average molecular weight is 269 g/mol. The highest BCUT2D eigenvalue weighted by Gasteiger charge is 2.05. The molecule has 0 saturated carbocycles. The van der Waals surface area contributed by atoms with Gasteiger partial charge in [-0.05, 0) is 42.4 Å². The van der Waals surface area contributed by atoms with Crippen LogP contribution in [0.3, 0.4) is 0 Å². The van der Waals surface area contributed by atoms with Gasteiger partial charge in [0.2, 0.25) is 0 Å². The lowest BCUT2D eigenvalue weighted by Gasteiger charge is -2.11. The number of thiocarbonyl (C=S) groups is 1. The number of methoxy groups -OCH3 is 1. The first kappa shape index (κ1) is 14.0. The highest BCUT2D eigenvalue weighted by atomic mass is 32.1. The summed E-state index contributed by atoms with van der Waals surface area (Å²) in [4.78, 5) is 10.4. The summed E-state index contributed by atoms with van der Waals surface area (Å²) in [6.45, 7) is 0.308. The van der Waals surface area contributed by atoms with E-state index in [1.54, 1.807) is 19.2 Å². The van der Waals surface area contributed by atoms with Gasteiger partial charge in [-0.15, -0.1) is 0 Å². The first-order valence-corrected chi connectivity index (χ1v) is 5.64. The van der Waals surface area contributed by atoms with Gasteiger partial charge < -0.3 is 26.2 Å². The monoisotopic (exact) mass is 269 g/mol. The number of rotatable bonds is 5. The van der Waals surface area contributed by atoms with Gasteiger partial charge in [0, 0.05) is 12.2 Å². The van der Waals surface area contributed by atoms with Crippen LogP contribution in [0.5, 0.6) is 5.75 Å². The largest absolute Gasteiger partial charge is 0.496 e. The number of anilines is 1. The van der Waals surface area contributed by atoms with Gasteiger partial charge in [-0.2, -0.15) is 0 Å². The molecule has 0 atom stereocenters. The number of nitrogens with two attached hydrogens (primary N) is 1. The van der Waals surface area contributed by atoms with Crippen molar-refractivity contribution in [1.29, 1.82) is 0 Å². The standard InChI is InChI=1S/C11H15N3O3S/c1-17-9-3-2-8(14-10(12)18)6-7(9)4-5-13-11(15)16/h2-3,6,13H,4-5H2,1H3,(H,15,16)(H3,12,14,18). The predicted molar refractivity (Wildman–Crippen MR) is 73.1 cm³/mol. The van der Waals surface area contributed by atoms with Gasteiger partial charge in [-0.3, -0.25) is 0 Å². The zero-order valence-corrected chi connectivity index (χ0v) is 10.7. The van der Waals surface area contributed by atoms with E-state index in [-0.39, 0.29) is 5.11 Å². The molecule has 6 nitrogen and oxygen atoms in total. The summed E-state index contributed by atoms with van der Waals surface area (Å²) in [7, 11) is 1.56. The Morgan fingerprint density at radius 2 is 2.28 bits per heavy atom. The number of ether oxygens (including phenoxy) is 1. The second-order valence-electron chi connectivity index (χ2n) is 3.50. The summed E-state index contributed by atoms with van der Waals surface area (Å²) in [5.74, 6) is 0.690. The summed E-state index contributed by atoms with van der Waals surface area (Å²) < 4.78 is 5.20. The molecule has 18 heavy (non-hydrogen) atoms. The lowest BCUT2D eigenvalue weighted by molar-refractivity contribution is 0.194. The van der Waals surface area contributed by atoms with Crippen LogP contribution in [0.4, 0.5) is 10.5 Å². The summed E-state index contributed by atoms with van der Waals surface area (Å²) in [5.41, 5.74) is 7.00. The Balaban J connectivity index is 2.78. The minimum Gasteiger partial charge on any atom is -0.496 e. The third-order valence-corrected chi connectivity index (χ3v) is 2.32. The van der Waals surface area contributed by atoms with Crippen molar-refractivity contribution in [3.63, 3.8) is 0 Å². The quantitative estimate of drug-likeness (QED) is 0.599. The van der Waals surface area contributed by atoms with Crippen LogP contribution in [0.15, 0.2) is 18.2 Å². The van der Waals surface area contributed by atoms with E-state index in [1.807, 2.05) is 6.07 Å². The molecule has 0 aliphatic rings. The SMILES string of the molecule is COc1ccc(NC(N)=S)cc1CCNC(=O)O. The lowest BCUT2D eigenvalue weighted by atomic mass is 10.1. The number of hydrogen-bond donors (Lipinski definition) is 4. The van der Waals surface area contributed by atoms with Crippen molar-refractivity contribution in [3.05, 3.63) is 23.8 Å². The van der Waals surface area contributed by atoms with E-state index in [4.69, 9.17) is 27.8 Å². The molecule has 1 aromatic rings. The molecule has 0 fully saturated rings. The van der Waals surface area contributed by atoms with Crippen LogP contribution < -0.4 is 21.1 Å². The first-order chi connectivity index (χ1) is 8.52. The van der Waals surface area contributed by atoms with Crippen molar-refractivity contribution in [2.24, 2.45) is 5.73 Å². The van der Waals surface area contributed by atoms with Crippen molar-refractivity contribution in [2.45, 2.75) is 6.42 Å². The van der Waals surface area contributed by atoms with E-state index in [0.717, 1.165) is 11.3 Å². The van der Waals surface area contributed by atoms with E-state index in [9.17, 15) is 4.79 Å². The van der Waals surface area contributed by atoms with E-state index >= 15 is 0 Å². The molecule has 0 unspecified atom stereocenters. The summed E-state index contributed by atoms with van der Waals surface area (Å²) in [6, 6.07) is 5.38. The third-order valence-electron chi connectivity index (χ3n) is 2.22. The Kier molecular flexibility index (Phi) is 5.19. The normalized spacial score (nSPS) is 9.61. The van der Waals surface area contributed by atoms with Crippen molar-refractivity contribution in [2.75, 3.05) is 19.0 Å². The number of benzene rings is 1. The minimum atomic E-state index is -1.05. The Morgan fingerprint density at radius 1 is 1.56 bits per heavy atom. The van der Waals surface area contributed by atoms with E-state index < -0.39 is 6.09 Å². The summed E-state index contributed by atoms with van der Waals surface area (Å²) in [5, 5.41) is 13.8. The van der Waals surface area contributed by atoms with Gasteiger partial charge in [0.15, 0.2) is 5.11 Å². The van der Waals surface area contributed by atoms with E-state index in [0.29, 0.717) is 18.7 Å². The van der Waals surface area contributed by atoms with Gasteiger partial charge in [0.25, 0.3) is 0 Å². The highest BCUT2D eigenvalue weighted by Crippen LogP contribution is 2.22. The Bertz CT molecular complexity index is 451. The fourth-order valence-electron chi connectivity index (χ4n) is 1.50. The zero-order chi connectivity index (χ0) is 13.5. The van der Waals surface area contributed by atoms with Gasteiger partial charge in [0.05, 0.1) is 7.11 Å². The second kappa shape index (κ2) is 6.65. The Labute approximate surface area is 110 Å². The number of amides is 1. The maximum absolute atomic E-state index is 10.4. The summed E-state index contributed by atoms with van der Waals surface area (Å²) in [6.07, 6.45) is -0.533. The molecular weight excluding hydrogens is 254 g/mol. The molecule has 0 saturated heterocycles. The Hall–Kier alpha value is -2.02. The number of hydrogen-bond acceptors (Lipinski definition) is 3. The molecule has 0 radical (unpaired) electrons. The number of carbonyl (C=O) groups is 1. The molecule has 0 aliphatic heterocycles. The first-order valence-electron chi connectivity index (χ1n) is 5.23. The molecule has 0 aliphatic carbocycles. The molecule has 1 rings (SSSR count). The Morgan fingerprint density at radius 3 is 2.83 bits per heavy atom. The van der Waals surface area contributed by atoms with E-state index in [1.165, 1.54) is 0 Å². The van der Waals surface area contributed by atoms with Crippen molar-refractivity contribution in [3.8, 4) is 5.75 Å². The minimum absolute atomic E-state index is 0.176. The fourth-order valence-corrected chi connectivity index (χ4v) is 1.62. The van der Waals surface area contributed by atoms with Gasteiger partial charge in [0.1, 0.15) is 5.75 Å². The molecule has 0 spiro atoms. The maximum atomic E-state index is 10.4. The topological polar surface area (TPSA) is 96.6 Å². The van der Waals surface area contributed by atoms with Gasteiger partial charge >= 0.3 is 6.09 Å². The highest BCUT2D eigenvalue weighted by molar-refractivity contribution is 7.80. The van der Waals surface area contributed by atoms with E-state index in [2.05, 4.69) is 10.6 Å². The molecule has 0 heterocycles. The molecular formula is C11H15N3O3S. The zero-order valence-electron chi connectivity index (χ0n) is 9.90. The van der Waals surface area contributed by atoms with Crippen LogP contribution in [-0.4, -0.2) is 30.0 Å². The smallest absolute Gasteiger partial charge is 0.404 e. The van der Waals surface area contributed by atoms with Crippen LogP contribution in [-0.2, 0) is 6.42 Å². The van der Waals surface area contributed by atoms with Crippen molar-refractivity contribution >= 4 is 29.1 Å². The molecule has 98 valence electrons. The molecule has 0 bridgehead atoms. The van der Waals surface area contributed by atoms with Crippen molar-refractivity contribution < 1.29 is 14.6 Å². The second-order valence-corrected chi connectivity index (χ2v) is 3.94. The van der Waals surface area contributed by atoms with Crippen LogP contribution in [0.25, 0.3) is 0 Å². The molecule has 7 heteroatoms. The molecule has 1 amide bonds. The molecule has 0 aromatic heterocycles. The van der Waals surface area contributed by atoms with Gasteiger partial charge in [-0.25, -0.2) is 4.79 Å². The lowest BCUT2D eigenvalue weighted by Crippen LogP contribution is -2.23. The third kappa shape index (κ3) is 4.46. The van der Waals surface area contributed by atoms with Gasteiger partial charge in [-0.1, -0.05) is 0 Å². The number of nitrogens with one attached hydrogen (secondary N) is 2. The number of carboxylic acid groups (broad SMARTS) is 1. The van der Waals surface area contributed by atoms with Crippen LogP contribution >= 0.6 is 12.2 Å². The van der Waals surface area contributed by atoms with Crippen LogP contribution in [0, 0.1) is 0 Å². The predicted octanol–water partition coefficient (Wildman–Crippen LogP) is 1.16. The molecule has 5 N–H and O–H groups in total. The van der Waals surface area contributed by atoms with Crippen molar-refractivity contribution in [1.82, 2.24) is 5.32 Å². The average Bonchev–Trinajstić information content (AvgIpc) is 2.28. The molecule has 1 aromatic carbocycles.